The highest BCUT2D eigenvalue weighted by Gasteiger charge is 2.32. The number of fused-ring (bicyclic) bond motifs is 1. The van der Waals surface area contributed by atoms with Crippen LogP contribution in [-0.2, 0) is 0 Å². The molecule has 0 aromatic heterocycles. The van der Waals surface area contributed by atoms with Gasteiger partial charge in [0.15, 0.2) is 0 Å². The lowest BCUT2D eigenvalue weighted by Gasteiger charge is -2.36. The van der Waals surface area contributed by atoms with Crippen LogP contribution in [0.25, 0.3) is 0 Å². The van der Waals surface area contributed by atoms with Crippen LogP contribution in [0.5, 0.6) is 0 Å². The van der Waals surface area contributed by atoms with Gasteiger partial charge in [-0.15, -0.1) is 0 Å². The lowest BCUT2D eigenvalue weighted by Crippen LogP contribution is -2.46. The van der Waals surface area contributed by atoms with Crippen molar-refractivity contribution in [3.8, 4) is 0 Å². The molecule has 0 amide bonds. The third-order valence-corrected chi connectivity index (χ3v) is 3.24. The minimum atomic E-state index is 0.719. The van der Waals surface area contributed by atoms with E-state index in [0.29, 0.717) is 0 Å². The fourth-order valence-corrected chi connectivity index (χ4v) is 2.66. The van der Waals surface area contributed by atoms with E-state index in [0.717, 1.165) is 18.6 Å². The number of rotatable bonds is 1. The minimum absolute atomic E-state index is 0.719. The fraction of sp³-hybridized carbons (Fsp3) is 1.00. The maximum Gasteiger partial charge on any atom is 0.0221 e. The smallest absolute Gasteiger partial charge is 0.0221 e. The summed E-state index contributed by atoms with van der Waals surface area (Å²) in [5, 5.41) is 0. The van der Waals surface area contributed by atoms with Crippen LogP contribution in [-0.4, -0.2) is 30.1 Å². The lowest BCUT2D eigenvalue weighted by molar-refractivity contribution is 0.128. The van der Waals surface area contributed by atoms with E-state index < -0.39 is 0 Å². The average Bonchev–Trinajstić information content (AvgIpc) is 2.50. The summed E-state index contributed by atoms with van der Waals surface area (Å²) in [4.78, 5) is 2.64. The Morgan fingerprint density at radius 1 is 1.18 bits per heavy atom. The Bertz CT molecular complexity index is 136. The molecule has 2 N–H and O–H groups in total. The number of hydrogen-bond donors (Lipinski definition) is 1. The first kappa shape index (κ1) is 7.56. The number of hydrogen-bond acceptors (Lipinski definition) is 2. The molecule has 11 heavy (non-hydrogen) atoms. The zero-order valence-corrected chi connectivity index (χ0v) is 7.13. The monoisotopic (exact) mass is 154 g/mol. The third-order valence-electron chi connectivity index (χ3n) is 3.24. The van der Waals surface area contributed by atoms with Crippen LogP contribution < -0.4 is 5.73 Å². The SMILES string of the molecule is NC[C@@H]1CCC[C@@H]2CCCN21. The first-order valence-electron chi connectivity index (χ1n) is 4.87. The molecular formula is C9H18N2. The Morgan fingerprint density at radius 2 is 2.00 bits per heavy atom. The van der Waals surface area contributed by atoms with Crippen molar-refractivity contribution in [1.82, 2.24) is 4.90 Å². The van der Waals surface area contributed by atoms with E-state index in [4.69, 9.17) is 5.73 Å². The van der Waals surface area contributed by atoms with Gasteiger partial charge in [-0.05, 0) is 32.2 Å². The highest BCUT2D eigenvalue weighted by molar-refractivity contribution is 4.89. The standard InChI is InChI=1S/C9H18N2/c10-7-9-4-1-3-8-5-2-6-11(8)9/h8-9H,1-7,10H2/t8-,9+/m1/s1. The van der Waals surface area contributed by atoms with Crippen molar-refractivity contribution in [3.05, 3.63) is 0 Å². The Balaban J connectivity index is 2.00. The molecule has 2 saturated heterocycles. The zero-order chi connectivity index (χ0) is 7.68. The Labute approximate surface area is 68.7 Å². The van der Waals surface area contributed by atoms with Gasteiger partial charge >= 0.3 is 0 Å². The fourth-order valence-electron chi connectivity index (χ4n) is 2.66. The van der Waals surface area contributed by atoms with Gasteiger partial charge in [-0.1, -0.05) is 6.42 Å². The molecule has 2 heterocycles. The summed E-state index contributed by atoms with van der Waals surface area (Å²) in [5.74, 6) is 0. The molecule has 2 heteroatoms. The predicted molar refractivity (Wildman–Crippen MR) is 46.4 cm³/mol. The number of piperidine rings is 1. The highest BCUT2D eigenvalue weighted by atomic mass is 15.2. The van der Waals surface area contributed by atoms with E-state index in [9.17, 15) is 0 Å². The molecule has 64 valence electrons. The summed E-state index contributed by atoms with van der Waals surface area (Å²) in [6.07, 6.45) is 7.00. The van der Waals surface area contributed by atoms with Gasteiger partial charge in [-0.25, -0.2) is 0 Å². The van der Waals surface area contributed by atoms with Crippen LogP contribution in [0.1, 0.15) is 32.1 Å². The molecule has 0 bridgehead atoms. The molecular weight excluding hydrogens is 136 g/mol. The van der Waals surface area contributed by atoms with Gasteiger partial charge in [0.1, 0.15) is 0 Å². The highest BCUT2D eigenvalue weighted by Crippen LogP contribution is 2.30. The van der Waals surface area contributed by atoms with Gasteiger partial charge in [-0.2, -0.15) is 0 Å². The molecule has 2 rings (SSSR count). The predicted octanol–water partition coefficient (Wildman–Crippen LogP) is 0.962. The van der Waals surface area contributed by atoms with Crippen LogP contribution in [0.15, 0.2) is 0 Å². The van der Waals surface area contributed by atoms with E-state index in [-0.39, 0.29) is 0 Å². The second-order valence-electron chi connectivity index (χ2n) is 3.85. The molecule has 0 spiro atoms. The maximum atomic E-state index is 5.72. The van der Waals surface area contributed by atoms with Crippen molar-refractivity contribution >= 4 is 0 Å². The van der Waals surface area contributed by atoms with Gasteiger partial charge < -0.3 is 5.73 Å². The van der Waals surface area contributed by atoms with Crippen LogP contribution in [0.3, 0.4) is 0 Å². The van der Waals surface area contributed by atoms with Crippen molar-refractivity contribution in [2.24, 2.45) is 5.73 Å². The Hall–Kier alpha value is -0.0800. The van der Waals surface area contributed by atoms with Crippen molar-refractivity contribution in [3.63, 3.8) is 0 Å². The molecule has 0 saturated carbocycles. The van der Waals surface area contributed by atoms with Crippen molar-refractivity contribution in [2.45, 2.75) is 44.2 Å². The minimum Gasteiger partial charge on any atom is -0.329 e. The molecule has 0 unspecified atom stereocenters. The van der Waals surface area contributed by atoms with E-state index in [1.165, 1.54) is 38.6 Å². The second-order valence-corrected chi connectivity index (χ2v) is 3.85. The molecule has 2 aliphatic rings. The first-order chi connectivity index (χ1) is 5.42. The third kappa shape index (κ3) is 1.30. The summed E-state index contributed by atoms with van der Waals surface area (Å²) in [6.45, 7) is 2.18. The van der Waals surface area contributed by atoms with E-state index in [1.807, 2.05) is 0 Å². The van der Waals surface area contributed by atoms with Crippen molar-refractivity contribution in [1.29, 1.82) is 0 Å². The van der Waals surface area contributed by atoms with Gasteiger partial charge in [0.25, 0.3) is 0 Å². The van der Waals surface area contributed by atoms with Crippen LogP contribution in [0.4, 0.5) is 0 Å². The first-order valence-corrected chi connectivity index (χ1v) is 4.87. The molecule has 2 nitrogen and oxygen atoms in total. The molecule has 2 fully saturated rings. The van der Waals surface area contributed by atoms with E-state index in [1.54, 1.807) is 0 Å². The van der Waals surface area contributed by atoms with Gasteiger partial charge in [-0.3, -0.25) is 4.90 Å². The van der Waals surface area contributed by atoms with Crippen LogP contribution in [0.2, 0.25) is 0 Å². The van der Waals surface area contributed by atoms with E-state index >= 15 is 0 Å². The van der Waals surface area contributed by atoms with E-state index in [2.05, 4.69) is 4.90 Å². The molecule has 0 aliphatic carbocycles. The maximum absolute atomic E-state index is 5.72. The normalized spacial score (nSPS) is 39.0. The number of nitrogens with two attached hydrogens (primary N) is 1. The summed E-state index contributed by atoms with van der Waals surface area (Å²) >= 11 is 0. The summed E-state index contributed by atoms with van der Waals surface area (Å²) in [5.41, 5.74) is 5.72. The second kappa shape index (κ2) is 3.11. The topological polar surface area (TPSA) is 29.3 Å². The zero-order valence-electron chi connectivity index (χ0n) is 7.13. The molecule has 0 radical (unpaired) electrons. The van der Waals surface area contributed by atoms with Gasteiger partial charge in [0, 0.05) is 18.6 Å². The summed E-state index contributed by atoms with van der Waals surface area (Å²) < 4.78 is 0. The van der Waals surface area contributed by atoms with Crippen LogP contribution in [0, 0.1) is 0 Å². The van der Waals surface area contributed by atoms with Crippen molar-refractivity contribution < 1.29 is 0 Å². The molecule has 0 aromatic rings. The largest absolute Gasteiger partial charge is 0.329 e. The Morgan fingerprint density at radius 3 is 2.82 bits per heavy atom. The quantitative estimate of drug-likeness (QED) is 0.609. The summed E-state index contributed by atoms with van der Waals surface area (Å²) in [7, 11) is 0. The Kier molecular flexibility index (Phi) is 2.14. The molecule has 0 aromatic carbocycles. The van der Waals surface area contributed by atoms with Gasteiger partial charge in [0.05, 0.1) is 0 Å². The van der Waals surface area contributed by atoms with Crippen molar-refractivity contribution in [2.75, 3.05) is 13.1 Å². The molecule has 2 aliphatic heterocycles. The number of nitrogens with zero attached hydrogens (tertiary/aromatic N) is 1. The average molecular weight is 154 g/mol. The van der Waals surface area contributed by atoms with Gasteiger partial charge in [0.2, 0.25) is 0 Å². The van der Waals surface area contributed by atoms with Crippen LogP contribution >= 0.6 is 0 Å². The lowest BCUT2D eigenvalue weighted by atomic mass is 9.97. The molecule has 2 atom stereocenters. The summed E-state index contributed by atoms with van der Waals surface area (Å²) in [6, 6.07) is 1.62.